The quantitative estimate of drug-likeness (QED) is 0.742. The van der Waals surface area contributed by atoms with Crippen molar-refractivity contribution in [3.63, 3.8) is 0 Å². The lowest BCUT2D eigenvalue weighted by molar-refractivity contribution is -0.146. The molecule has 0 aliphatic heterocycles. The summed E-state index contributed by atoms with van der Waals surface area (Å²) < 4.78 is 0. The summed E-state index contributed by atoms with van der Waals surface area (Å²) in [5.74, 6) is -0.275. The maximum Gasteiger partial charge on any atom is 0.323 e. The van der Waals surface area contributed by atoms with Gasteiger partial charge in [-0.3, -0.25) is 9.59 Å². The summed E-state index contributed by atoms with van der Waals surface area (Å²) in [7, 11) is 0. The summed E-state index contributed by atoms with van der Waals surface area (Å²) >= 11 is 1.61. The highest BCUT2D eigenvalue weighted by Crippen LogP contribution is 2.28. The molecule has 0 aromatic heterocycles. The van der Waals surface area contributed by atoms with Crippen molar-refractivity contribution >= 4 is 23.6 Å². The number of rotatable bonds is 6. The molecule has 0 saturated heterocycles. The lowest BCUT2D eigenvalue weighted by Gasteiger charge is -2.23. The monoisotopic (exact) mass is 231 g/mol. The molecular weight excluding hydrogens is 214 g/mol. The predicted molar refractivity (Wildman–Crippen MR) is 59.9 cm³/mol. The van der Waals surface area contributed by atoms with E-state index in [1.165, 1.54) is 4.90 Å². The van der Waals surface area contributed by atoms with Crippen LogP contribution in [0.3, 0.4) is 0 Å². The Kier molecular flexibility index (Phi) is 4.45. The topological polar surface area (TPSA) is 57.6 Å². The zero-order valence-corrected chi connectivity index (χ0v) is 9.92. The Morgan fingerprint density at radius 1 is 1.53 bits per heavy atom. The molecule has 1 amide bonds. The number of hydrogen-bond donors (Lipinski definition) is 1. The zero-order valence-electron chi connectivity index (χ0n) is 9.10. The third-order valence-corrected chi connectivity index (χ3v) is 3.25. The van der Waals surface area contributed by atoms with Gasteiger partial charge in [-0.1, -0.05) is 6.92 Å². The third kappa shape index (κ3) is 3.74. The smallest absolute Gasteiger partial charge is 0.323 e. The third-order valence-electron chi connectivity index (χ3n) is 2.41. The highest BCUT2D eigenvalue weighted by molar-refractivity contribution is 7.98. The lowest BCUT2D eigenvalue weighted by Crippen LogP contribution is -2.41. The largest absolute Gasteiger partial charge is 0.480 e. The summed E-state index contributed by atoms with van der Waals surface area (Å²) in [6.45, 7) is 1.71. The molecule has 1 rings (SSSR count). The molecule has 1 aliphatic rings. The fraction of sp³-hybridized carbons (Fsp3) is 0.800. The number of hydrogen-bond acceptors (Lipinski definition) is 3. The number of nitrogens with zero attached hydrogens (tertiary/aromatic N) is 1. The van der Waals surface area contributed by atoms with E-state index in [2.05, 4.69) is 0 Å². The standard InChI is InChI=1S/C10H17NO3S/c1-7(6-15-2)10(14)11(5-9(12)13)8-3-4-8/h7-8H,3-6H2,1-2H3,(H,12,13). The minimum Gasteiger partial charge on any atom is -0.480 e. The first kappa shape index (κ1) is 12.4. The van der Waals surface area contributed by atoms with Crippen LogP contribution in [-0.4, -0.2) is 46.5 Å². The van der Waals surface area contributed by atoms with Gasteiger partial charge in [0, 0.05) is 17.7 Å². The fourth-order valence-corrected chi connectivity index (χ4v) is 2.17. The molecule has 0 heterocycles. The average molecular weight is 231 g/mol. The Hall–Kier alpha value is -0.710. The van der Waals surface area contributed by atoms with Gasteiger partial charge < -0.3 is 10.0 Å². The number of carboxylic acid groups (broad SMARTS) is 1. The molecule has 1 N–H and O–H groups in total. The van der Waals surface area contributed by atoms with Crippen molar-refractivity contribution in [2.24, 2.45) is 5.92 Å². The minimum atomic E-state index is -0.924. The molecule has 0 spiro atoms. The lowest BCUT2D eigenvalue weighted by atomic mass is 10.2. The second-order valence-electron chi connectivity index (χ2n) is 3.95. The molecule has 1 saturated carbocycles. The van der Waals surface area contributed by atoms with Gasteiger partial charge in [0.2, 0.25) is 5.91 Å². The summed E-state index contributed by atoms with van der Waals surface area (Å²) in [5, 5.41) is 8.72. The summed E-state index contributed by atoms with van der Waals surface area (Å²) in [6.07, 6.45) is 3.85. The molecule has 4 nitrogen and oxygen atoms in total. The SMILES string of the molecule is CSCC(C)C(=O)N(CC(=O)O)C1CC1. The number of carbonyl (C=O) groups is 2. The number of aliphatic carboxylic acids is 1. The number of amides is 1. The first-order valence-corrected chi connectivity index (χ1v) is 6.46. The van der Waals surface area contributed by atoms with Crippen LogP contribution in [0.1, 0.15) is 19.8 Å². The number of carbonyl (C=O) groups excluding carboxylic acids is 1. The van der Waals surface area contributed by atoms with Crippen molar-refractivity contribution in [1.29, 1.82) is 0 Å². The molecule has 0 radical (unpaired) electrons. The molecule has 0 aromatic rings. The Balaban J connectivity index is 2.54. The zero-order chi connectivity index (χ0) is 11.4. The summed E-state index contributed by atoms with van der Waals surface area (Å²) in [6, 6.07) is 0.179. The summed E-state index contributed by atoms with van der Waals surface area (Å²) in [5.41, 5.74) is 0. The van der Waals surface area contributed by atoms with Crippen LogP contribution in [0.15, 0.2) is 0 Å². The fourth-order valence-electron chi connectivity index (χ4n) is 1.52. The Bertz CT molecular complexity index is 253. The van der Waals surface area contributed by atoms with Crippen molar-refractivity contribution in [2.75, 3.05) is 18.6 Å². The van der Waals surface area contributed by atoms with Crippen molar-refractivity contribution in [3.8, 4) is 0 Å². The molecule has 0 bridgehead atoms. The Morgan fingerprint density at radius 2 is 2.13 bits per heavy atom. The highest BCUT2D eigenvalue weighted by Gasteiger charge is 2.35. The van der Waals surface area contributed by atoms with E-state index in [4.69, 9.17) is 5.11 Å². The van der Waals surface area contributed by atoms with E-state index in [0.717, 1.165) is 18.6 Å². The van der Waals surface area contributed by atoms with Crippen molar-refractivity contribution in [3.05, 3.63) is 0 Å². The maximum absolute atomic E-state index is 11.9. The van der Waals surface area contributed by atoms with Crippen LogP contribution in [0.2, 0.25) is 0 Å². The second-order valence-corrected chi connectivity index (χ2v) is 4.86. The van der Waals surface area contributed by atoms with Gasteiger partial charge in [0.05, 0.1) is 0 Å². The first-order valence-electron chi connectivity index (χ1n) is 5.07. The van der Waals surface area contributed by atoms with Gasteiger partial charge in [-0.05, 0) is 19.1 Å². The van der Waals surface area contributed by atoms with Crippen molar-refractivity contribution in [1.82, 2.24) is 4.90 Å². The van der Waals surface area contributed by atoms with Crippen LogP contribution in [0.5, 0.6) is 0 Å². The minimum absolute atomic E-state index is 0.0192. The number of carboxylic acids is 1. The first-order chi connectivity index (χ1) is 7.06. The Morgan fingerprint density at radius 3 is 2.53 bits per heavy atom. The molecule has 1 unspecified atom stereocenters. The van der Waals surface area contributed by atoms with Crippen LogP contribution in [0.4, 0.5) is 0 Å². The van der Waals surface area contributed by atoms with Crippen LogP contribution in [-0.2, 0) is 9.59 Å². The summed E-state index contributed by atoms with van der Waals surface area (Å²) in [4.78, 5) is 24.0. The van der Waals surface area contributed by atoms with Gasteiger partial charge in [-0.15, -0.1) is 0 Å². The van der Waals surface area contributed by atoms with Gasteiger partial charge in [0.25, 0.3) is 0 Å². The highest BCUT2D eigenvalue weighted by atomic mass is 32.2. The predicted octanol–water partition coefficient (Wildman–Crippen LogP) is 1.06. The number of thioether (sulfide) groups is 1. The Labute approximate surface area is 94.0 Å². The van der Waals surface area contributed by atoms with Crippen molar-refractivity contribution in [2.45, 2.75) is 25.8 Å². The van der Waals surface area contributed by atoms with E-state index in [-0.39, 0.29) is 24.4 Å². The van der Waals surface area contributed by atoms with Crippen LogP contribution < -0.4 is 0 Å². The molecule has 15 heavy (non-hydrogen) atoms. The van der Waals surface area contributed by atoms with Gasteiger partial charge in [0.1, 0.15) is 6.54 Å². The van der Waals surface area contributed by atoms with E-state index in [1.807, 2.05) is 13.2 Å². The molecule has 1 fully saturated rings. The molecule has 5 heteroatoms. The van der Waals surface area contributed by atoms with E-state index < -0.39 is 5.97 Å². The van der Waals surface area contributed by atoms with Crippen molar-refractivity contribution < 1.29 is 14.7 Å². The van der Waals surface area contributed by atoms with Gasteiger partial charge in [-0.2, -0.15) is 11.8 Å². The second kappa shape index (κ2) is 5.39. The van der Waals surface area contributed by atoms with Gasteiger partial charge in [-0.25, -0.2) is 0 Å². The normalized spacial score (nSPS) is 17.2. The van der Waals surface area contributed by atoms with Gasteiger partial charge >= 0.3 is 5.97 Å². The van der Waals surface area contributed by atoms with Gasteiger partial charge in [0.15, 0.2) is 0 Å². The van der Waals surface area contributed by atoms with E-state index in [1.54, 1.807) is 11.8 Å². The van der Waals surface area contributed by atoms with E-state index in [0.29, 0.717) is 0 Å². The van der Waals surface area contributed by atoms with Crippen LogP contribution in [0.25, 0.3) is 0 Å². The van der Waals surface area contributed by atoms with E-state index >= 15 is 0 Å². The molecule has 0 aromatic carbocycles. The molecular formula is C10H17NO3S. The van der Waals surface area contributed by atoms with E-state index in [9.17, 15) is 9.59 Å². The molecule has 86 valence electrons. The molecule has 1 aliphatic carbocycles. The van der Waals surface area contributed by atoms with Crippen LogP contribution in [0, 0.1) is 5.92 Å². The molecule has 1 atom stereocenters. The maximum atomic E-state index is 11.9. The average Bonchev–Trinajstić information content (AvgIpc) is 2.96. The van der Waals surface area contributed by atoms with Crippen LogP contribution >= 0.6 is 11.8 Å².